The monoisotopic (exact) mass is 392 g/mol. The van der Waals surface area contributed by atoms with Gasteiger partial charge in [-0.3, -0.25) is 0 Å². The molecule has 0 aliphatic heterocycles. The minimum atomic E-state index is -1.15. The molecule has 2 heteroatoms. The van der Waals surface area contributed by atoms with Crippen molar-refractivity contribution in [1.82, 2.24) is 0 Å². The van der Waals surface area contributed by atoms with E-state index in [9.17, 15) is 0 Å². The predicted octanol–water partition coefficient (Wildman–Crippen LogP) is 6.49. The van der Waals surface area contributed by atoms with Gasteiger partial charge in [-0.15, -0.1) is 7.20 Å². The van der Waals surface area contributed by atoms with Crippen molar-refractivity contribution in [2.75, 3.05) is 0 Å². The van der Waals surface area contributed by atoms with Crippen LogP contribution < -0.4 is 0 Å². The SMILES string of the molecule is IS(C1=CCCC=C1)(c1ccccc1)c1ccccc1. The molecular weight excluding hydrogens is 375 g/mol. The molecule has 0 amide bonds. The Kier molecular flexibility index (Phi) is 4.32. The summed E-state index contributed by atoms with van der Waals surface area (Å²) in [6.07, 6.45) is 9.37. The van der Waals surface area contributed by atoms with Crippen molar-refractivity contribution >= 4 is 28.4 Å². The summed E-state index contributed by atoms with van der Waals surface area (Å²) in [6, 6.07) is 21.8. The van der Waals surface area contributed by atoms with Gasteiger partial charge in [0.1, 0.15) is 0 Å². The smallest absolute Gasteiger partial charge is 0.00701 e. The van der Waals surface area contributed by atoms with E-state index in [2.05, 4.69) is 100 Å². The van der Waals surface area contributed by atoms with Crippen molar-refractivity contribution in [1.29, 1.82) is 0 Å². The van der Waals surface area contributed by atoms with E-state index in [-0.39, 0.29) is 0 Å². The number of hydrogen-bond donors (Lipinski definition) is 0. The van der Waals surface area contributed by atoms with Crippen LogP contribution in [-0.2, 0) is 0 Å². The van der Waals surface area contributed by atoms with Crippen LogP contribution in [0.25, 0.3) is 0 Å². The first kappa shape index (κ1) is 14.0. The number of hydrogen-bond acceptors (Lipinski definition) is 0. The maximum absolute atomic E-state index is 2.69. The van der Waals surface area contributed by atoms with Crippen LogP contribution in [0.1, 0.15) is 12.8 Å². The van der Waals surface area contributed by atoms with Gasteiger partial charge in [0.25, 0.3) is 0 Å². The molecule has 1 aliphatic rings. The van der Waals surface area contributed by atoms with Crippen LogP contribution in [0.4, 0.5) is 0 Å². The summed E-state index contributed by atoms with van der Waals surface area (Å²) in [5, 5.41) is 0. The molecule has 0 atom stereocenters. The highest BCUT2D eigenvalue weighted by molar-refractivity contribution is 14.2. The molecule has 2 aromatic carbocycles. The van der Waals surface area contributed by atoms with Crippen molar-refractivity contribution < 1.29 is 0 Å². The third kappa shape index (κ3) is 2.59. The molecule has 102 valence electrons. The zero-order valence-electron chi connectivity index (χ0n) is 11.2. The Morgan fingerprint density at radius 1 is 0.750 bits per heavy atom. The first-order valence-corrected chi connectivity index (χ1v) is 11.0. The molecule has 0 nitrogen and oxygen atoms in total. The van der Waals surface area contributed by atoms with Gasteiger partial charge in [0.05, 0.1) is 0 Å². The Morgan fingerprint density at radius 2 is 1.30 bits per heavy atom. The highest BCUT2D eigenvalue weighted by Crippen LogP contribution is 2.74. The minimum Gasteiger partial charge on any atom is -0.106 e. The summed E-state index contributed by atoms with van der Waals surface area (Å²) in [4.78, 5) is 4.32. The maximum Gasteiger partial charge on any atom is 0.00701 e. The lowest BCUT2D eigenvalue weighted by atomic mass is 10.2. The summed E-state index contributed by atoms with van der Waals surface area (Å²) in [5.74, 6) is 0. The van der Waals surface area contributed by atoms with Gasteiger partial charge in [-0.25, -0.2) is 0 Å². The van der Waals surface area contributed by atoms with Gasteiger partial charge in [-0.2, -0.15) is 0 Å². The number of rotatable bonds is 3. The van der Waals surface area contributed by atoms with Gasteiger partial charge < -0.3 is 0 Å². The average Bonchev–Trinajstić information content (AvgIpc) is 2.56. The van der Waals surface area contributed by atoms with Gasteiger partial charge >= 0.3 is 0 Å². The van der Waals surface area contributed by atoms with Crippen molar-refractivity contribution in [3.8, 4) is 0 Å². The lowest BCUT2D eigenvalue weighted by Crippen LogP contribution is -1.98. The quantitative estimate of drug-likeness (QED) is 0.524. The normalized spacial score (nSPS) is 15.8. The molecule has 0 saturated carbocycles. The van der Waals surface area contributed by atoms with Crippen LogP contribution in [-0.4, -0.2) is 0 Å². The van der Waals surface area contributed by atoms with Crippen molar-refractivity contribution in [3.05, 3.63) is 83.8 Å². The molecule has 0 bridgehead atoms. The van der Waals surface area contributed by atoms with Gasteiger partial charge in [0, 0.05) is 14.7 Å². The van der Waals surface area contributed by atoms with Crippen LogP contribution in [0.15, 0.2) is 93.6 Å². The molecule has 0 aromatic heterocycles. The molecule has 1 aliphatic carbocycles. The van der Waals surface area contributed by atoms with Crippen LogP contribution in [0.3, 0.4) is 0 Å². The number of benzene rings is 2. The van der Waals surface area contributed by atoms with E-state index in [1.54, 1.807) is 0 Å². The van der Waals surface area contributed by atoms with E-state index in [0.717, 1.165) is 6.42 Å². The largest absolute Gasteiger partial charge is 0.106 e. The fourth-order valence-corrected chi connectivity index (χ4v) is 7.68. The van der Waals surface area contributed by atoms with Crippen molar-refractivity contribution in [2.24, 2.45) is 0 Å². The molecular formula is C18H17IS. The molecule has 0 N–H and O–H groups in total. The number of halogens is 1. The van der Waals surface area contributed by atoms with Crippen molar-refractivity contribution in [3.63, 3.8) is 0 Å². The minimum absolute atomic E-state index is 1.15. The first-order chi connectivity index (χ1) is 9.82. The zero-order chi connectivity index (χ0) is 13.8. The van der Waals surface area contributed by atoms with Crippen LogP contribution >= 0.6 is 28.4 Å². The van der Waals surface area contributed by atoms with Crippen LogP contribution in [0.2, 0.25) is 0 Å². The summed E-state index contributed by atoms with van der Waals surface area (Å²) in [7, 11) is -1.15. The Bertz CT molecular complexity index is 589. The molecule has 0 saturated heterocycles. The van der Waals surface area contributed by atoms with Crippen molar-refractivity contribution in [2.45, 2.75) is 22.6 Å². The maximum atomic E-state index is 2.69. The van der Waals surface area contributed by atoms with E-state index < -0.39 is 7.20 Å². The lowest BCUT2D eigenvalue weighted by molar-refractivity contribution is 1.03. The predicted molar refractivity (Wildman–Crippen MR) is 97.5 cm³/mol. The molecule has 0 unspecified atom stereocenters. The molecule has 2 aromatic rings. The molecule has 0 radical (unpaired) electrons. The highest BCUT2D eigenvalue weighted by atomic mass is 127. The molecule has 0 spiro atoms. The Hall–Kier alpha value is -1.00. The zero-order valence-corrected chi connectivity index (χ0v) is 14.2. The van der Waals surface area contributed by atoms with Gasteiger partial charge in [0.2, 0.25) is 0 Å². The topological polar surface area (TPSA) is 0 Å². The third-order valence-corrected chi connectivity index (χ3v) is 10.8. The summed E-state index contributed by atoms with van der Waals surface area (Å²) >= 11 is 2.69. The second kappa shape index (κ2) is 6.19. The first-order valence-electron chi connectivity index (χ1n) is 6.82. The standard InChI is InChI=1S/C18H17IS/c19-20(16-10-4-1-5-11-16,17-12-6-2-7-13-17)18-14-8-3-9-15-18/h1-2,4-8,10-15H,3,9H2. The lowest BCUT2D eigenvalue weighted by Gasteiger charge is -2.36. The second-order valence-electron chi connectivity index (χ2n) is 4.75. The van der Waals surface area contributed by atoms with E-state index in [1.165, 1.54) is 21.1 Å². The van der Waals surface area contributed by atoms with E-state index in [0.29, 0.717) is 0 Å². The van der Waals surface area contributed by atoms with E-state index in [4.69, 9.17) is 0 Å². The Balaban J connectivity index is 2.18. The summed E-state index contributed by atoms with van der Waals surface area (Å²) in [6.45, 7) is 0. The second-order valence-corrected chi connectivity index (χ2v) is 11.2. The molecule has 0 heterocycles. The summed E-state index contributed by atoms with van der Waals surface area (Å²) < 4.78 is 0. The third-order valence-electron chi connectivity index (χ3n) is 3.42. The Morgan fingerprint density at radius 3 is 1.75 bits per heavy atom. The number of allylic oxidation sites excluding steroid dienone is 3. The molecule has 0 fully saturated rings. The van der Waals surface area contributed by atoms with E-state index in [1.807, 2.05) is 0 Å². The van der Waals surface area contributed by atoms with Gasteiger partial charge in [-0.1, -0.05) is 54.6 Å². The van der Waals surface area contributed by atoms with Gasteiger partial charge in [0.15, 0.2) is 0 Å². The molecule has 3 rings (SSSR count). The van der Waals surface area contributed by atoms with E-state index >= 15 is 0 Å². The highest BCUT2D eigenvalue weighted by Gasteiger charge is 2.28. The Labute approximate surface area is 134 Å². The fourth-order valence-electron chi connectivity index (χ4n) is 2.42. The van der Waals surface area contributed by atoms with Crippen LogP contribution in [0.5, 0.6) is 0 Å². The van der Waals surface area contributed by atoms with Gasteiger partial charge in [-0.05, 0) is 58.3 Å². The average molecular weight is 392 g/mol. The molecule has 20 heavy (non-hydrogen) atoms. The summed E-state index contributed by atoms with van der Waals surface area (Å²) in [5.41, 5.74) is 0. The van der Waals surface area contributed by atoms with Crippen LogP contribution in [0, 0.1) is 0 Å². The fraction of sp³-hybridized carbons (Fsp3) is 0.111.